The van der Waals surface area contributed by atoms with E-state index < -0.39 is 0 Å². The Labute approximate surface area is 730 Å². The summed E-state index contributed by atoms with van der Waals surface area (Å²) in [6.07, 6.45) is 0. The van der Waals surface area contributed by atoms with Crippen LogP contribution in [0.5, 0.6) is 0 Å². The van der Waals surface area contributed by atoms with Crippen molar-refractivity contribution in [1.82, 2.24) is 13.7 Å². The lowest BCUT2D eigenvalue weighted by Gasteiger charge is -2.21. The van der Waals surface area contributed by atoms with Crippen LogP contribution in [0.4, 0.5) is 0 Å². The summed E-state index contributed by atoms with van der Waals surface area (Å²) in [6.45, 7) is 18.8. The minimum absolute atomic E-state index is 0.0153. The van der Waals surface area contributed by atoms with Crippen molar-refractivity contribution < 1.29 is 4.42 Å². The average molecular weight is 1620 g/mol. The van der Waals surface area contributed by atoms with Gasteiger partial charge >= 0.3 is 0 Å². The number of thiophene rings is 1. The van der Waals surface area contributed by atoms with Gasteiger partial charge in [0.05, 0.1) is 33.1 Å². The second kappa shape index (κ2) is 26.9. The van der Waals surface area contributed by atoms with Gasteiger partial charge in [0.1, 0.15) is 11.2 Å². The number of para-hydroxylation sites is 4. The lowest BCUT2D eigenvalue weighted by Crippen LogP contribution is -2.14. The Hall–Kier alpha value is -14.6. The first-order valence-corrected chi connectivity index (χ1v) is 44.7. The molecule has 18 aromatic carbocycles. The first-order chi connectivity index (χ1) is 61.0. The number of rotatable bonds is 6. The Morgan fingerprint density at radius 1 is 0.192 bits per heavy atom. The molecule has 23 aromatic rings. The third kappa shape index (κ3) is 10.8. The number of benzene rings is 18. The van der Waals surface area contributed by atoms with Crippen molar-refractivity contribution in [3.05, 3.63) is 427 Å². The number of hydrogen-bond donors (Lipinski definition) is 0. The Balaban J connectivity index is 0.000000103. The lowest BCUT2D eigenvalue weighted by atomic mass is 9.82. The molecule has 0 radical (unpaired) electrons. The maximum absolute atomic E-state index is 6.06. The minimum Gasteiger partial charge on any atom is -0.456 e. The molecule has 4 nitrogen and oxygen atoms in total. The van der Waals surface area contributed by atoms with Crippen LogP contribution in [0.1, 0.15) is 99.9 Å². The number of fused-ring (bicyclic) bond motifs is 27. The van der Waals surface area contributed by atoms with Gasteiger partial charge in [-0.1, -0.05) is 316 Å². The highest BCUT2D eigenvalue weighted by Gasteiger charge is 2.41. The summed E-state index contributed by atoms with van der Waals surface area (Å²) in [6, 6.07) is 141. The highest BCUT2D eigenvalue weighted by molar-refractivity contribution is 7.26. The molecule has 5 heterocycles. The third-order valence-electron chi connectivity index (χ3n) is 28.8. The van der Waals surface area contributed by atoms with E-state index in [-0.39, 0.29) is 21.7 Å². The van der Waals surface area contributed by atoms with Gasteiger partial charge in [-0.25, -0.2) is 0 Å². The molecular formula is C120H87N3OS. The number of furan rings is 1. The van der Waals surface area contributed by atoms with E-state index in [0.717, 1.165) is 21.9 Å². The third-order valence-corrected chi connectivity index (χ3v) is 30.1. The molecule has 4 aliphatic rings. The number of aromatic nitrogens is 3. The van der Waals surface area contributed by atoms with Crippen LogP contribution >= 0.6 is 11.3 Å². The second-order valence-electron chi connectivity index (χ2n) is 37.0. The molecule has 27 rings (SSSR count). The van der Waals surface area contributed by atoms with Crippen molar-refractivity contribution in [3.63, 3.8) is 0 Å². The molecular weight excluding hydrogens is 1530 g/mol. The molecule has 0 spiro atoms. The molecule has 0 saturated carbocycles. The Morgan fingerprint density at radius 2 is 0.512 bits per heavy atom. The molecule has 125 heavy (non-hydrogen) atoms. The smallest absolute Gasteiger partial charge is 0.135 e. The Morgan fingerprint density at radius 3 is 0.968 bits per heavy atom. The summed E-state index contributed by atoms with van der Waals surface area (Å²) in [5.74, 6) is 0. The van der Waals surface area contributed by atoms with Crippen LogP contribution in [-0.4, -0.2) is 13.7 Å². The molecule has 594 valence electrons. The number of hydrogen-bond acceptors (Lipinski definition) is 2. The van der Waals surface area contributed by atoms with E-state index in [1.54, 1.807) is 0 Å². The van der Waals surface area contributed by atoms with E-state index >= 15 is 0 Å². The summed E-state index contributed by atoms with van der Waals surface area (Å²) >= 11 is 1.89. The molecule has 0 saturated heterocycles. The molecule has 5 heteroatoms. The molecule has 0 fully saturated rings. The predicted octanol–water partition coefficient (Wildman–Crippen LogP) is 32.8. The Kier molecular flexibility index (Phi) is 15.8. The van der Waals surface area contributed by atoms with Gasteiger partial charge in [0, 0.05) is 102 Å². The highest BCUT2D eigenvalue weighted by Crippen LogP contribution is 2.56. The standard InChI is InChI=1S/C42H33N.C39H27NO.C39H27NS/c1-41(2)35-14-8-5-11-29(35)32-23-27(19-22-37(32)41)26-17-20-28(21-18-26)43-39-16-10-7-13-31(39)34-24-38-33(25-40(34)43)30-12-6-9-15-36(30)42(38,3)4;1-39(2)33-12-6-3-9-27(33)30-23-36-31(22-34(30)39)28-10-4-7-13-35(28)40(36)26-18-15-24(16-19-26)25-17-20-38-32(21-25)29-11-5-8-14-37(29)41-38;1-39(2)33-15-6-3-10-27(33)31-23-36-32(22-34(31)39)28-11-4-7-16-35(28)40(36)25-20-18-24(19-21-25)26-13-9-14-30-29-12-5-8-17-37(29)41-38(26)30/h5-25H,1-4H3;2*3-23H,1-2H3. The van der Waals surface area contributed by atoms with Gasteiger partial charge < -0.3 is 18.1 Å². The van der Waals surface area contributed by atoms with Gasteiger partial charge in [0.15, 0.2) is 0 Å². The maximum Gasteiger partial charge on any atom is 0.135 e. The fourth-order valence-electron chi connectivity index (χ4n) is 22.5. The molecule has 0 unspecified atom stereocenters. The largest absolute Gasteiger partial charge is 0.456 e. The van der Waals surface area contributed by atoms with Crippen LogP contribution in [0, 0.1) is 0 Å². The molecule has 4 aliphatic carbocycles. The average Bonchev–Trinajstić information content (AvgIpc) is 1.56. The van der Waals surface area contributed by atoms with Gasteiger partial charge in [-0.2, -0.15) is 0 Å². The summed E-state index contributed by atoms with van der Waals surface area (Å²) in [5, 5.41) is 12.8. The summed E-state index contributed by atoms with van der Waals surface area (Å²) < 4.78 is 16.1. The Bertz CT molecular complexity index is 8500. The summed E-state index contributed by atoms with van der Waals surface area (Å²) in [7, 11) is 0. The first-order valence-electron chi connectivity index (χ1n) is 43.9. The minimum atomic E-state index is -0.0214. The van der Waals surface area contributed by atoms with Crippen molar-refractivity contribution in [1.29, 1.82) is 0 Å². The predicted molar refractivity (Wildman–Crippen MR) is 529 cm³/mol. The highest BCUT2D eigenvalue weighted by atomic mass is 32.1. The summed E-state index contributed by atoms with van der Waals surface area (Å²) in [5.41, 5.74) is 42.5. The lowest BCUT2D eigenvalue weighted by molar-refractivity contribution is 0.660. The van der Waals surface area contributed by atoms with Gasteiger partial charge in [-0.05, 0) is 244 Å². The molecule has 0 atom stereocenters. The van der Waals surface area contributed by atoms with Gasteiger partial charge in [0.2, 0.25) is 0 Å². The maximum atomic E-state index is 6.06. The fraction of sp³-hybridized carbons (Fsp3) is 0.100. The van der Waals surface area contributed by atoms with E-state index in [9.17, 15) is 0 Å². The van der Waals surface area contributed by atoms with Crippen LogP contribution in [0.2, 0.25) is 0 Å². The zero-order valence-electron chi connectivity index (χ0n) is 71.0. The van der Waals surface area contributed by atoms with Crippen molar-refractivity contribution in [3.8, 4) is 95.0 Å². The van der Waals surface area contributed by atoms with Gasteiger partial charge in [-0.15, -0.1) is 11.3 Å². The van der Waals surface area contributed by atoms with Crippen LogP contribution in [-0.2, 0) is 21.7 Å². The molecule has 0 amide bonds. The summed E-state index contributed by atoms with van der Waals surface area (Å²) in [4.78, 5) is 0. The van der Waals surface area contributed by atoms with E-state index in [4.69, 9.17) is 4.42 Å². The number of nitrogens with zero attached hydrogens (tertiary/aromatic N) is 3. The molecule has 0 bridgehead atoms. The van der Waals surface area contributed by atoms with Crippen LogP contribution in [0.25, 0.3) is 202 Å². The van der Waals surface area contributed by atoms with Crippen LogP contribution in [0.3, 0.4) is 0 Å². The normalized spacial score (nSPS) is 14.3. The zero-order chi connectivity index (χ0) is 83.7. The van der Waals surface area contributed by atoms with Crippen molar-refractivity contribution >= 4 is 119 Å². The molecule has 5 aromatic heterocycles. The van der Waals surface area contributed by atoms with Crippen LogP contribution < -0.4 is 0 Å². The SMILES string of the molecule is CC1(C)c2ccccc2-c2cc(-c3ccc(-n4c5ccccc5c5cc6c(cc54)-c4ccccc4C6(C)C)cc3)ccc21.CC1(C)c2ccccc2-c2cc3c(cc21)c1ccccc1n3-c1ccc(-c2ccc3oc4ccccc4c3c2)cc1.CC1(C)c2ccccc2-c2cc3c(cc21)c1ccccc1n3-c1ccc(-c2cccc3c2sc2ccccc23)cc1. The van der Waals surface area contributed by atoms with Crippen LogP contribution in [0.15, 0.2) is 387 Å². The van der Waals surface area contributed by atoms with E-state index in [2.05, 4.69) is 439 Å². The topological polar surface area (TPSA) is 27.9 Å². The van der Waals surface area contributed by atoms with E-state index in [1.807, 2.05) is 23.5 Å². The second-order valence-corrected chi connectivity index (χ2v) is 38.0. The van der Waals surface area contributed by atoms with Crippen molar-refractivity contribution in [2.45, 2.75) is 77.0 Å². The zero-order valence-corrected chi connectivity index (χ0v) is 71.8. The van der Waals surface area contributed by atoms with E-state index in [0.29, 0.717) is 0 Å². The molecule has 0 aliphatic heterocycles. The molecule has 0 N–H and O–H groups in total. The first kappa shape index (κ1) is 73.1. The quantitative estimate of drug-likeness (QED) is 0.163. The van der Waals surface area contributed by atoms with Crippen molar-refractivity contribution in [2.24, 2.45) is 0 Å². The monoisotopic (exact) mass is 1620 g/mol. The van der Waals surface area contributed by atoms with E-state index in [1.165, 1.54) is 225 Å². The van der Waals surface area contributed by atoms with Gasteiger partial charge in [-0.3, -0.25) is 0 Å². The van der Waals surface area contributed by atoms with Gasteiger partial charge in [0.25, 0.3) is 0 Å². The van der Waals surface area contributed by atoms with Crippen molar-refractivity contribution in [2.75, 3.05) is 0 Å². The fourth-order valence-corrected chi connectivity index (χ4v) is 23.7.